The van der Waals surface area contributed by atoms with Crippen molar-refractivity contribution in [1.82, 2.24) is 18.9 Å². The average molecular weight is 487 g/mol. The Balaban J connectivity index is 1.40. The molecule has 0 bridgehead atoms. The summed E-state index contributed by atoms with van der Waals surface area (Å²) in [6.45, 7) is 0. The molecule has 178 valence electrons. The van der Waals surface area contributed by atoms with E-state index in [9.17, 15) is 0 Å². The summed E-state index contributed by atoms with van der Waals surface area (Å²) in [6.07, 6.45) is 0. The van der Waals surface area contributed by atoms with Gasteiger partial charge in [0.2, 0.25) is 5.95 Å². The minimum atomic E-state index is 0.667. The van der Waals surface area contributed by atoms with Crippen molar-refractivity contribution in [3.63, 3.8) is 0 Å². The number of para-hydroxylation sites is 4. The molecule has 3 aromatic heterocycles. The van der Waals surface area contributed by atoms with Crippen LogP contribution in [0.2, 0.25) is 0 Å². The third-order valence-electron chi connectivity index (χ3n) is 7.34. The molecule has 0 fully saturated rings. The fraction of sp³-hybridized carbons (Fsp3) is 0. The number of benzene rings is 5. The minimum absolute atomic E-state index is 0.667. The Morgan fingerprint density at radius 2 is 1.11 bits per heavy atom. The highest BCUT2D eigenvalue weighted by Crippen LogP contribution is 2.33. The molecule has 0 aliphatic carbocycles. The minimum Gasteiger partial charge on any atom is -0.293 e. The zero-order chi connectivity index (χ0) is 25.1. The number of imidazole rings is 1. The van der Waals surface area contributed by atoms with Crippen LogP contribution in [-0.4, -0.2) is 18.9 Å². The van der Waals surface area contributed by atoms with Gasteiger partial charge in [-0.1, -0.05) is 103 Å². The maximum Gasteiger partial charge on any atom is 0.237 e. The van der Waals surface area contributed by atoms with Crippen molar-refractivity contribution >= 4 is 38.5 Å². The molecule has 0 radical (unpaired) electrons. The van der Waals surface area contributed by atoms with E-state index in [1.54, 1.807) is 0 Å². The molecular formula is C34H22N4. The van der Waals surface area contributed by atoms with Crippen LogP contribution in [0.1, 0.15) is 0 Å². The Labute approximate surface area is 219 Å². The molecule has 4 nitrogen and oxygen atoms in total. The smallest absolute Gasteiger partial charge is 0.237 e. The van der Waals surface area contributed by atoms with Crippen LogP contribution >= 0.6 is 0 Å². The van der Waals surface area contributed by atoms with Gasteiger partial charge in [-0.25, -0.2) is 9.97 Å². The molecule has 5 aromatic carbocycles. The van der Waals surface area contributed by atoms with Crippen LogP contribution in [0.25, 0.3) is 66.8 Å². The van der Waals surface area contributed by atoms with E-state index in [4.69, 9.17) is 9.97 Å². The number of fused-ring (bicyclic) bond motifs is 6. The Morgan fingerprint density at radius 1 is 0.474 bits per heavy atom. The van der Waals surface area contributed by atoms with Gasteiger partial charge in [-0.05, 0) is 41.5 Å². The van der Waals surface area contributed by atoms with E-state index in [2.05, 4.69) is 130 Å². The zero-order valence-electron chi connectivity index (χ0n) is 20.5. The highest BCUT2D eigenvalue weighted by Gasteiger charge is 2.19. The Kier molecular flexibility index (Phi) is 4.49. The van der Waals surface area contributed by atoms with E-state index < -0.39 is 0 Å². The largest absolute Gasteiger partial charge is 0.293 e. The summed E-state index contributed by atoms with van der Waals surface area (Å²) in [7, 11) is 0. The van der Waals surface area contributed by atoms with Crippen LogP contribution in [0, 0.1) is 0 Å². The standard InChI is InChI=1S/C34H22N4/c1-2-10-23(11-3-1)24-18-20-25(21-19-24)33-27-13-5-6-14-28(27)35-34(36-33)38-31-17-9-8-16-30(31)37-29-15-7-4-12-26(29)22-32(37)38/h1-22H. The number of rotatable bonds is 3. The molecule has 4 heteroatoms. The molecule has 8 aromatic rings. The van der Waals surface area contributed by atoms with Gasteiger partial charge in [0, 0.05) is 16.3 Å². The third kappa shape index (κ3) is 3.10. The van der Waals surface area contributed by atoms with Gasteiger partial charge >= 0.3 is 0 Å². The van der Waals surface area contributed by atoms with Crippen molar-refractivity contribution in [2.75, 3.05) is 0 Å². The molecular weight excluding hydrogens is 464 g/mol. The third-order valence-corrected chi connectivity index (χ3v) is 7.34. The van der Waals surface area contributed by atoms with Crippen molar-refractivity contribution in [3.8, 4) is 28.3 Å². The number of nitrogens with zero attached hydrogens (tertiary/aromatic N) is 4. The summed E-state index contributed by atoms with van der Waals surface area (Å²) < 4.78 is 4.49. The zero-order valence-corrected chi connectivity index (χ0v) is 20.5. The summed E-state index contributed by atoms with van der Waals surface area (Å²) in [5.41, 5.74) is 9.74. The molecule has 38 heavy (non-hydrogen) atoms. The summed E-state index contributed by atoms with van der Waals surface area (Å²) in [5, 5.41) is 2.23. The summed E-state index contributed by atoms with van der Waals surface area (Å²) >= 11 is 0. The molecule has 0 aliphatic rings. The second kappa shape index (κ2) is 8.15. The normalized spacial score (nSPS) is 11.7. The summed E-state index contributed by atoms with van der Waals surface area (Å²) in [5.74, 6) is 0.667. The second-order valence-electron chi connectivity index (χ2n) is 9.55. The first kappa shape index (κ1) is 20.9. The average Bonchev–Trinajstić information content (AvgIpc) is 3.52. The highest BCUT2D eigenvalue weighted by molar-refractivity contribution is 5.97. The van der Waals surface area contributed by atoms with Crippen molar-refractivity contribution in [3.05, 3.63) is 133 Å². The van der Waals surface area contributed by atoms with Gasteiger partial charge in [-0.3, -0.25) is 8.97 Å². The lowest BCUT2D eigenvalue weighted by Crippen LogP contribution is -2.03. The lowest BCUT2D eigenvalue weighted by atomic mass is 10.0. The molecule has 0 unspecified atom stereocenters. The molecule has 8 rings (SSSR count). The van der Waals surface area contributed by atoms with Crippen LogP contribution in [0.5, 0.6) is 0 Å². The van der Waals surface area contributed by atoms with Gasteiger partial charge in [0.25, 0.3) is 0 Å². The predicted molar refractivity (Wildman–Crippen MR) is 156 cm³/mol. The van der Waals surface area contributed by atoms with E-state index in [1.807, 2.05) is 12.1 Å². The molecule has 0 aliphatic heterocycles. The molecule has 3 heterocycles. The van der Waals surface area contributed by atoms with Crippen LogP contribution in [-0.2, 0) is 0 Å². The molecule has 0 N–H and O–H groups in total. The fourth-order valence-corrected chi connectivity index (χ4v) is 5.57. The first-order valence-electron chi connectivity index (χ1n) is 12.8. The van der Waals surface area contributed by atoms with Gasteiger partial charge in [0.15, 0.2) is 0 Å². The molecule has 0 amide bonds. The monoisotopic (exact) mass is 486 g/mol. The first-order chi connectivity index (χ1) is 18.8. The van der Waals surface area contributed by atoms with Crippen molar-refractivity contribution < 1.29 is 0 Å². The first-order valence-corrected chi connectivity index (χ1v) is 12.8. The molecule has 0 saturated carbocycles. The van der Waals surface area contributed by atoms with E-state index >= 15 is 0 Å². The van der Waals surface area contributed by atoms with Gasteiger partial charge in [-0.2, -0.15) is 0 Å². The Bertz CT molecular complexity index is 2120. The van der Waals surface area contributed by atoms with E-state index in [-0.39, 0.29) is 0 Å². The fourth-order valence-electron chi connectivity index (χ4n) is 5.57. The predicted octanol–water partition coefficient (Wildman–Crippen LogP) is 8.31. The van der Waals surface area contributed by atoms with Crippen molar-refractivity contribution in [2.24, 2.45) is 0 Å². The topological polar surface area (TPSA) is 35.1 Å². The molecule has 0 atom stereocenters. The van der Waals surface area contributed by atoms with Gasteiger partial charge in [0.1, 0.15) is 5.65 Å². The van der Waals surface area contributed by atoms with E-state index in [0.29, 0.717) is 5.95 Å². The number of hydrogen-bond acceptors (Lipinski definition) is 2. The van der Waals surface area contributed by atoms with E-state index in [0.717, 1.165) is 38.8 Å². The van der Waals surface area contributed by atoms with Crippen molar-refractivity contribution in [2.45, 2.75) is 0 Å². The maximum atomic E-state index is 5.22. The lowest BCUT2D eigenvalue weighted by molar-refractivity contribution is 1.00. The Hall–Kier alpha value is -5.22. The number of aromatic nitrogens is 4. The lowest BCUT2D eigenvalue weighted by Gasteiger charge is -2.11. The van der Waals surface area contributed by atoms with Gasteiger partial charge in [0.05, 0.1) is 27.8 Å². The molecule has 0 spiro atoms. The highest BCUT2D eigenvalue weighted by atomic mass is 15.2. The molecule has 0 saturated heterocycles. The van der Waals surface area contributed by atoms with Gasteiger partial charge in [-0.15, -0.1) is 0 Å². The van der Waals surface area contributed by atoms with E-state index in [1.165, 1.54) is 22.0 Å². The SMILES string of the molecule is c1ccc(-c2ccc(-c3nc(-n4c5ccccc5n5c6ccccc6cc45)nc4ccccc34)cc2)cc1. The van der Waals surface area contributed by atoms with Crippen LogP contribution in [0.15, 0.2) is 133 Å². The summed E-state index contributed by atoms with van der Waals surface area (Å²) in [6, 6.07) is 46.6. The maximum absolute atomic E-state index is 5.22. The van der Waals surface area contributed by atoms with Crippen LogP contribution in [0.3, 0.4) is 0 Å². The van der Waals surface area contributed by atoms with Crippen molar-refractivity contribution in [1.29, 1.82) is 0 Å². The van der Waals surface area contributed by atoms with Crippen LogP contribution in [0.4, 0.5) is 0 Å². The van der Waals surface area contributed by atoms with Gasteiger partial charge < -0.3 is 0 Å². The quantitative estimate of drug-likeness (QED) is 0.252. The Morgan fingerprint density at radius 3 is 1.95 bits per heavy atom. The second-order valence-corrected chi connectivity index (χ2v) is 9.55. The summed E-state index contributed by atoms with van der Waals surface area (Å²) in [4.78, 5) is 10.3. The van der Waals surface area contributed by atoms with Crippen LogP contribution < -0.4 is 0 Å². The number of hydrogen-bond donors (Lipinski definition) is 0.